The topological polar surface area (TPSA) is 35.2 Å². The average Bonchev–Trinajstić information content (AvgIpc) is 2.27. The van der Waals surface area contributed by atoms with Crippen LogP contribution in [0.15, 0.2) is 24.3 Å². The van der Waals surface area contributed by atoms with Crippen LogP contribution < -0.4 is 5.73 Å². The standard InChI is InChI=1S/C12H16F3NO/c13-11-4-2-1-3-9(11)7-10(16)5-6-17-8-12(14)15/h1-4,10,12H,5-8,16H2. The van der Waals surface area contributed by atoms with Crippen molar-refractivity contribution in [2.75, 3.05) is 13.2 Å². The monoisotopic (exact) mass is 247 g/mol. The third-order valence-corrected chi connectivity index (χ3v) is 2.32. The molecular weight excluding hydrogens is 231 g/mol. The van der Waals surface area contributed by atoms with Crippen molar-refractivity contribution in [3.63, 3.8) is 0 Å². The van der Waals surface area contributed by atoms with Crippen molar-refractivity contribution in [2.24, 2.45) is 5.73 Å². The molecule has 1 rings (SSSR count). The number of hydrogen-bond acceptors (Lipinski definition) is 2. The molecule has 0 aliphatic carbocycles. The molecule has 0 saturated heterocycles. The van der Waals surface area contributed by atoms with Gasteiger partial charge in [-0.25, -0.2) is 13.2 Å². The van der Waals surface area contributed by atoms with E-state index in [1.165, 1.54) is 6.07 Å². The van der Waals surface area contributed by atoms with Gasteiger partial charge in [-0.2, -0.15) is 0 Å². The first kappa shape index (κ1) is 14.0. The Morgan fingerprint density at radius 3 is 2.59 bits per heavy atom. The Hall–Kier alpha value is -1.07. The zero-order valence-electron chi connectivity index (χ0n) is 9.41. The summed E-state index contributed by atoms with van der Waals surface area (Å²) in [5, 5.41) is 0. The maximum absolute atomic E-state index is 13.3. The second kappa shape index (κ2) is 7.29. The molecule has 2 N–H and O–H groups in total. The van der Waals surface area contributed by atoms with Crippen molar-refractivity contribution in [1.29, 1.82) is 0 Å². The Morgan fingerprint density at radius 2 is 1.94 bits per heavy atom. The molecule has 1 unspecified atom stereocenters. The van der Waals surface area contributed by atoms with Gasteiger partial charge in [0.05, 0.1) is 0 Å². The summed E-state index contributed by atoms with van der Waals surface area (Å²) in [6.45, 7) is -0.410. The van der Waals surface area contributed by atoms with E-state index in [4.69, 9.17) is 10.5 Å². The summed E-state index contributed by atoms with van der Waals surface area (Å²) in [6.07, 6.45) is -1.65. The second-order valence-electron chi connectivity index (χ2n) is 3.81. The minimum atomic E-state index is -2.46. The molecule has 1 atom stereocenters. The van der Waals surface area contributed by atoms with Crippen molar-refractivity contribution in [1.82, 2.24) is 0 Å². The first-order valence-electron chi connectivity index (χ1n) is 5.44. The number of benzene rings is 1. The van der Waals surface area contributed by atoms with E-state index in [1.807, 2.05) is 0 Å². The summed E-state index contributed by atoms with van der Waals surface area (Å²) >= 11 is 0. The summed E-state index contributed by atoms with van der Waals surface area (Å²) in [5.41, 5.74) is 6.29. The van der Waals surface area contributed by atoms with E-state index in [1.54, 1.807) is 18.2 Å². The summed E-state index contributed by atoms with van der Waals surface area (Å²) in [6, 6.07) is 6.09. The largest absolute Gasteiger partial charge is 0.375 e. The van der Waals surface area contributed by atoms with Crippen LogP contribution >= 0.6 is 0 Å². The average molecular weight is 247 g/mol. The molecule has 0 saturated carbocycles. The van der Waals surface area contributed by atoms with E-state index in [2.05, 4.69) is 0 Å². The van der Waals surface area contributed by atoms with Crippen LogP contribution in [0.4, 0.5) is 13.2 Å². The first-order chi connectivity index (χ1) is 8.09. The molecule has 5 heteroatoms. The van der Waals surface area contributed by atoms with Gasteiger partial charge >= 0.3 is 0 Å². The quantitative estimate of drug-likeness (QED) is 0.751. The molecule has 0 radical (unpaired) electrons. The zero-order valence-corrected chi connectivity index (χ0v) is 9.41. The van der Waals surface area contributed by atoms with E-state index in [0.717, 1.165) is 0 Å². The molecule has 1 aromatic carbocycles. The summed E-state index contributed by atoms with van der Waals surface area (Å²) in [4.78, 5) is 0. The SMILES string of the molecule is NC(CCOCC(F)F)Cc1ccccc1F. The fourth-order valence-electron chi connectivity index (χ4n) is 1.46. The highest BCUT2D eigenvalue weighted by Crippen LogP contribution is 2.09. The number of rotatable bonds is 7. The Labute approximate surface area is 98.6 Å². The molecular formula is C12H16F3NO. The second-order valence-corrected chi connectivity index (χ2v) is 3.81. The Kier molecular flexibility index (Phi) is 6.00. The summed E-state index contributed by atoms with van der Waals surface area (Å²) in [7, 11) is 0. The van der Waals surface area contributed by atoms with Crippen molar-refractivity contribution < 1.29 is 17.9 Å². The highest BCUT2D eigenvalue weighted by molar-refractivity contribution is 5.18. The van der Waals surface area contributed by atoms with Gasteiger partial charge in [0.15, 0.2) is 0 Å². The van der Waals surface area contributed by atoms with Gasteiger partial charge in [0, 0.05) is 12.6 Å². The van der Waals surface area contributed by atoms with E-state index in [-0.39, 0.29) is 18.5 Å². The zero-order chi connectivity index (χ0) is 12.7. The molecule has 0 aliphatic rings. The van der Waals surface area contributed by atoms with Crippen LogP contribution in [-0.4, -0.2) is 25.7 Å². The molecule has 0 spiro atoms. The van der Waals surface area contributed by atoms with Crippen LogP contribution in [0.3, 0.4) is 0 Å². The van der Waals surface area contributed by atoms with Crippen LogP contribution in [0.2, 0.25) is 0 Å². The summed E-state index contributed by atoms with van der Waals surface area (Å²) in [5.74, 6) is -0.295. The maximum atomic E-state index is 13.3. The lowest BCUT2D eigenvalue weighted by atomic mass is 10.0. The number of ether oxygens (including phenoxy) is 1. The lowest BCUT2D eigenvalue weighted by Crippen LogP contribution is -2.25. The van der Waals surface area contributed by atoms with Crippen molar-refractivity contribution in [2.45, 2.75) is 25.3 Å². The Bertz CT molecular complexity index is 333. The molecule has 0 fully saturated rings. The lowest BCUT2D eigenvalue weighted by Gasteiger charge is -2.12. The fourth-order valence-corrected chi connectivity index (χ4v) is 1.46. The van der Waals surface area contributed by atoms with E-state index in [9.17, 15) is 13.2 Å². The molecule has 0 aromatic heterocycles. The van der Waals surface area contributed by atoms with E-state index < -0.39 is 13.0 Å². The number of alkyl halides is 2. The predicted molar refractivity (Wildman–Crippen MR) is 59.5 cm³/mol. The minimum Gasteiger partial charge on any atom is -0.375 e. The van der Waals surface area contributed by atoms with Crippen molar-refractivity contribution in [3.05, 3.63) is 35.6 Å². The van der Waals surface area contributed by atoms with Gasteiger partial charge in [-0.05, 0) is 24.5 Å². The molecule has 0 amide bonds. The van der Waals surface area contributed by atoms with E-state index >= 15 is 0 Å². The molecule has 0 aliphatic heterocycles. The van der Waals surface area contributed by atoms with Crippen LogP contribution in [-0.2, 0) is 11.2 Å². The van der Waals surface area contributed by atoms with Crippen LogP contribution in [0.25, 0.3) is 0 Å². The van der Waals surface area contributed by atoms with Crippen molar-refractivity contribution >= 4 is 0 Å². The van der Waals surface area contributed by atoms with Gasteiger partial charge < -0.3 is 10.5 Å². The predicted octanol–water partition coefficient (Wildman–Crippen LogP) is 2.37. The van der Waals surface area contributed by atoms with Gasteiger partial charge in [0.2, 0.25) is 0 Å². The normalized spacial score (nSPS) is 13.0. The van der Waals surface area contributed by atoms with Crippen LogP contribution in [0.5, 0.6) is 0 Å². The number of nitrogens with two attached hydrogens (primary N) is 1. The van der Waals surface area contributed by atoms with Gasteiger partial charge in [-0.1, -0.05) is 18.2 Å². The van der Waals surface area contributed by atoms with Gasteiger partial charge in [-0.15, -0.1) is 0 Å². The first-order valence-corrected chi connectivity index (χ1v) is 5.44. The van der Waals surface area contributed by atoms with Crippen LogP contribution in [0.1, 0.15) is 12.0 Å². The van der Waals surface area contributed by atoms with E-state index in [0.29, 0.717) is 18.4 Å². The maximum Gasteiger partial charge on any atom is 0.261 e. The Morgan fingerprint density at radius 1 is 1.24 bits per heavy atom. The van der Waals surface area contributed by atoms with Crippen LogP contribution in [0, 0.1) is 5.82 Å². The smallest absolute Gasteiger partial charge is 0.261 e. The number of hydrogen-bond donors (Lipinski definition) is 1. The van der Waals surface area contributed by atoms with Gasteiger partial charge in [-0.3, -0.25) is 0 Å². The molecule has 2 nitrogen and oxygen atoms in total. The molecule has 17 heavy (non-hydrogen) atoms. The third kappa shape index (κ3) is 5.70. The highest BCUT2D eigenvalue weighted by Gasteiger charge is 2.08. The van der Waals surface area contributed by atoms with Gasteiger partial charge in [0.1, 0.15) is 12.4 Å². The fraction of sp³-hybridized carbons (Fsp3) is 0.500. The number of halogens is 3. The van der Waals surface area contributed by atoms with Gasteiger partial charge in [0.25, 0.3) is 6.43 Å². The lowest BCUT2D eigenvalue weighted by molar-refractivity contribution is 0.0152. The molecule has 1 aromatic rings. The van der Waals surface area contributed by atoms with Crippen molar-refractivity contribution in [3.8, 4) is 0 Å². The molecule has 0 bridgehead atoms. The Balaban J connectivity index is 2.25. The molecule has 96 valence electrons. The molecule has 0 heterocycles. The minimum absolute atomic E-state index is 0.167. The highest BCUT2D eigenvalue weighted by atomic mass is 19.3. The summed E-state index contributed by atoms with van der Waals surface area (Å²) < 4.78 is 41.5. The third-order valence-electron chi connectivity index (χ3n) is 2.32.